The summed E-state index contributed by atoms with van der Waals surface area (Å²) < 4.78 is 31.3. The Morgan fingerprint density at radius 3 is 2.80 bits per heavy atom. The lowest BCUT2D eigenvalue weighted by atomic mass is 10.1. The first kappa shape index (κ1) is 9.79. The second-order valence-corrected chi connectivity index (χ2v) is 3.01. The number of ketones is 1. The Labute approximate surface area is 83.5 Å². The number of hydrogen-bond donors (Lipinski definition) is 1. The smallest absolute Gasteiger partial charge is 0.180 e. The normalized spacial score (nSPS) is 10.9. The van der Waals surface area contributed by atoms with Crippen molar-refractivity contribution < 1.29 is 18.0 Å². The van der Waals surface area contributed by atoms with E-state index in [-0.39, 0.29) is 23.1 Å². The summed E-state index contributed by atoms with van der Waals surface area (Å²) in [5, 5.41) is 0.114. The average molecular weight is 211 g/mol. The molecule has 78 valence electrons. The largest absolute Gasteiger partial charge is 0.461 e. The lowest BCUT2D eigenvalue weighted by Gasteiger charge is -2.02. The molecule has 0 saturated carbocycles. The number of carbonyl (C=O) groups is 1. The minimum atomic E-state index is -0.920. The maximum atomic E-state index is 13.3. The number of carbonyl (C=O) groups excluding carboxylic acids is 1. The van der Waals surface area contributed by atoms with Crippen molar-refractivity contribution in [2.45, 2.75) is 0 Å². The van der Waals surface area contributed by atoms with Crippen LogP contribution >= 0.6 is 0 Å². The summed E-state index contributed by atoms with van der Waals surface area (Å²) in [6, 6.07) is 1.96. The van der Waals surface area contributed by atoms with Crippen molar-refractivity contribution in [3.63, 3.8) is 0 Å². The first-order valence-corrected chi connectivity index (χ1v) is 4.23. The molecule has 0 aliphatic heterocycles. The van der Waals surface area contributed by atoms with E-state index in [9.17, 15) is 13.6 Å². The van der Waals surface area contributed by atoms with E-state index in [4.69, 9.17) is 10.2 Å². The van der Waals surface area contributed by atoms with Crippen molar-refractivity contribution in [2.24, 2.45) is 5.73 Å². The van der Waals surface area contributed by atoms with Gasteiger partial charge in [0.2, 0.25) is 0 Å². The van der Waals surface area contributed by atoms with Gasteiger partial charge in [0.25, 0.3) is 0 Å². The predicted molar refractivity (Wildman–Crippen MR) is 49.5 cm³/mol. The lowest BCUT2D eigenvalue weighted by Crippen LogP contribution is -2.15. The Morgan fingerprint density at radius 2 is 2.13 bits per heavy atom. The molecule has 0 aliphatic rings. The standard InChI is InChI=1S/C10H7F2NO2/c11-6-3-7(12)10-5(1-2-15-10)9(6)8(14)4-13/h1-3H,4,13H2. The van der Waals surface area contributed by atoms with Crippen LogP contribution in [-0.4, -0.2) is 12.3 Å². The Bertz CT molecular complexity index is 533. The number of benzene rings is 1. The third-order valence-corrected chi connectivity index (χ3v) is 2.11. The minimum absolute atomic E-state index is 0.114. The van der Waals surface area contributed by atoms with Gasteiger partial charge in [0, 0.05) is 11.5 Å². The molecule has 0 radical (unpaired) electrons. The molecule has 0 bridgehead atoms. The van der Waals surface area contributed by atoms with Gasteiger partial charge in [0.05, 0.1) is 18.4 Å². The van der Waals surface area contributed by atoms with Gasteiger partial charge in [-0.3, -0.25) is 4.79 Å². The van der Waals surface area contributed by atoms with E-state index in [1.807, 2.05) is 0 Å². The highest BCUT2D eigenvalue weighted by atomic mass is 19.1. The van der Waals surface area contributed by atoms with Crippen LogP contribution in [0.15, 0.2) is 22.8 Å². The molecule has 0 unspecified atom stereocenters. The predicted octanol–water partition coefficient (Wildman–Crippen LogP) is 1.85. The van der Waals surface area contributed by atoms with Gasteiger partial charge in [-0.1, -0.05) is 0 Å². The van der Waals surface area contributed by atoms with Crippen LogP contribution in [0, 0.1) is 11.6 Å². The van der Waals surface area contributed by atoms with Gasteiger partial charge in [0.15, 0.2) is 17.2 Å². The van der Waals surface area contributed by atoms with Crippen molar-refractivity contribution in [1.82, 2.24) is 0 Å². The molecule has 0 aliphatic carbocycles. The summed E-state index contributed by atoms with van der Waals surface area (Å²) >= 11 is 0. The molecule has 1 aromatic heterocycles. The summed E-state index contributed by atoms with van der Waals surface area (Å²) in [6.45, 7) is -0.331. The number of furan rings is 1. The van der Waals surface area contributed by atoms with E-state index in [0.717, 1.165) is 0 Å². The van der Waals surface area contributed by atoms with E-state index in [0.29, 0.717) is 6.07 Å². The molecule has 2 N–H and O–H groups in total. The molecule has 0 atom stereocenters. The summed E-state index contributed by atoms with van der Waals surface area (Å²) in [5.41, 5.74) is 4.78. The fourth-order valence-corrected chi connectivity index (χ4v) is 1.45. The number of fused-ring (bicyclic) bond motifs is 1. The topological polar surface area (TPSA) is 56.2 Å². The Morgan fingerprint density at radius 1 is 1.40 bits per heavy atom. The molecule has 1 aromatic carbocycles. The Kier molecular flexibility index (Phi) is 2.24. The summed E-state index contributed by atoms with van der Waals surface area (Å²) in [7, 11) is 0. The molecule has 0 fully saturated rings. The van der Waals surface area contributed by atoms with Crippen LogP contribution in [0.1, 0.15) is 10.4 Å². The zero-order chi connectivity index (χ0) is 11.0. The van der Waals surface area contributed by atoms with Crippen molar-refractivity contribution in [3.8, 4) is 0 Å². The van der Waals surface area contributed by atoms with Gasteiger partial charge < -0.3 is 10.2 Å². The van der Waals surface area contributed by atoms with Crippen molar-refractivity contribution >= 4 is 16.8 Å². The average Bonchev–Trinajstić information content (AvgIpc) is 2.66. The number of halogens is 2. The molecule has 2 aromatic rings. The van der Waals surface area contributed by atoms with Crippen molar-refractivity contribution in [3.05, 3.63) is 35.6 Å². The fraction of sp³-hybridized carbons (Fsp3) is 0.100. The monoisotopic (exact) mass is 211 g/mol. The Hall–Kier alpha value is -1.75. The van der Waals surface area contributed by atoms with Crippen LogP contribution in [0.5, 0.6) is 0 Å². The first-order chi connectivity index (χ1) is 7.15. The van der Waals surface area contributed by atoms with E-state index < -0.39 is 17.4 Å². The third kappa shape index (κ3) is 1.41. The van der Waals surface area contributed by atoms with Gasteiger partial charge in [-0.25, -0.2) is 8.78 Å². The SMILES string of the molecule is NCC(=O)c1c(F)cc(F)c2occc12. The van der Waals surface area contributed by atoms with Crippen LogP contribution in [0.4, 0.5) is 8.78 Å². The molecule has 15 heavy (non-hydrogen) atoms. The highest BCUT2D eigenvalue weighted by Crippen LogP contribution is 2.25. The Balaban J connectivity index is 2.82. The molecule has 3 nitrogen and oxygen atoms in total. The van der Waals surface area contributed by atoms with Gasteiger partial charge in [-0.05, 0) is 6.07 Å². The maximum absolute atomic E-state index is 13.3. The highest BCUT2D eigenvalue weighted by molar-refractivity contribution is 6.08. The molecule has 0 saturated heterocycles. The quantitative estimate of drug-likeness (QED) is 0.771. The van der Waals surface area contributed by atoms with E-state index in [1.54, 1.807) is 0 Å². The molecular formula is C10H7F2NO2. The third-order valence-electron chi connectivity index (χ3n) is 2.11. The lowest BCUT2D eigenvalue weighted by molar-refractivity contribution is 0.0999. The second-order valence-electron chi connectivity index (χ2n) is 3.01. The molecule has 2 rings (SSSR count). The highest BCUT2D eigenvalue weighted by Gasteiger charge is 2.19. The zero-order valence-corrected chi connectivity index (χ0v) is 7.59. The molecule has 0 spiro atoms. The van der Waals surface area contributed by atoms with E-state index in [2.05, 4.69) is 0 Å². The molecular weight excluding hydrogens is 204 g/mol. The van der Waals surface area contributed by atoms with Crippen LogP contribution in [-0.2, 0) is 0 Å². The van der Waals surface area contributed by atoms with Gasteiger partial charge in [-0.2, -0.15) is 0 Å². The molecule has 1 heterocycles. The van der Waals surface area contributed by atoms with Gasteiger partial charge >= 0.3 is 0 Å². The number of nitrogens with two attached hydrogens (primary N) is 1. The summed E-state index contributed by atoms with van der Waals surface area (Å²) in [6.07, 6.45) is 1.19. The van der Waals surface area contributed by atoms with E-state index in [1.165, 1.54) is 12.3 Å². The number of Topliss-reactive ketones (excluding diaryl/α,β-unsaturated/α-hetero) is 1. The van der Waals surface area contributed by atoms with E-state index >= 15 is 0 Å². The molecule has 5 heteroatoms. The first-order valence-electron chi connectivity index (χ1n) is 4.23. The number of hydrogen-bond acceptors (Lipinski definition) is 3. The zero-order valence-electron chi connectivity index (χ0n) is 7.59. The minimum Gasteiger partial charge on any atom is -0.461 e. The van der Waals surface area contributed by atoms with Gasteiger partial charge in [0.1, 0.15) is 5.82 Å². The van der Waals surface area contributed by atoms with Crippen LogP contribution in [0.3, 0.4) is 0 Å². The van der Waals surface area contributed by atoms with Crippen molar-refractivity contribution in [1.29, 1.82) is 0 Å². The number of rotatable bonds is 2. The summed E-state index contributed by atoms with van der Waals surface area (Å²) in [4.78, 5) is 11.3. The second kappa shape index (κ2) is 3.43. The van der Waals surface area contributed by atoms with Crippen molar-refractivity contribution in [2.75, 3.05) is 6.54 Å². The van der Waals surface area contributed by atoms with Crippen LogP contribution in [0.2, 0.25) is 0 Å². The van der Waals surface area contributed by atoms with Gasteiger partial charge in [-0.15, -0.1) is 0 Å². The summed E-state index contributed by atoms with van der Waals surface area (Å²) in [5.74, 6) is -2.34. The van der Waals surface area contributed by atoms with Crippen LogP contribution in [0.25, 0.3) is 11.0 Å². The maximum Gasteiger partial charge on any atom is 0.180 e. The fourth-order valence-electron chi connectivity index (χ4n) is 1.45. The molecule has 0 amide bonds. The van der Waals surface area contributed by atoms with Crippen LogP contribution < -0.4 is 5.73 Å².